The van der Waals surface area contributed by atoms with Crippen molar-refractivity contribution in [2.75, 3.05) is 49.8 Å². The number of hydrogen-bond acceptors (Lipinski definition) is 12. The van der Waals surface area contributed by atoms with E-state index in [1.54, 1.807) is 13.1 Å². The van der Waals surface area contributed by atoms with Gasteiger partial charge < -0.3 is 14.7 Å². The number of nitrogens with zero attached hydrogens (tertiary/aromatic N) is 8. The molecule has 0 amide bonds. The molecule has 2 aromatic heterocycles. The van der Waals surface area contributed by atoms with Crippen LogP contribution in [0.1, 0.15) is 32.5 Å². The number of rotatable bonds is 8. The molecule has 4 heterocycles. The van der Waals surface area contributed by atoms with Gasteiger partial charge in [0.1, 0.15) is 5.82 Å². The molecular weight excluding hydrogens is 460 g/mol. The van der Waals surface area contributed by atoms with Crippen molar-refractivity contribution in [1.82, 2.24) is 40.3 Å². The molecule has 0 spiro atoms. The van der Waals surface area contributed by atoms with Crippen molar-refractivity contribution in [2.24, 2.45) is 5.92 Å². The van der Waals surface area contributed by atoms with E-state index in [2.05, 4.69) is 47.3 Å². The van der Waals surface area contributed by atoms with Gasteiger partial charge in [-0.3, -0.25) is 9.73 Å². The molecule has 186 valence electrons. The quantitative estimate of drug-likeness (QED) is 0.349. The van der Waals surface area contributed by atoms with Crippen LogP contribution in [0.4, 0.5) is 16.6 Å². The Morgan fingerprint density at radius 1 is 1.47 bits per heavy atom. The third-order valence-electron chi connectivity index (χ3n) is 5.90. The average Bonchev–Trinajstić information content (AvgIpc) is 3.50. The molecule has 14 heteroatoms. The molecule has 13 nitrogen and oxygen atoms in total. The Balaban J connectivity index is 1.67. The van der Waals surface area contributed by atoms with Crippen LogP contribution in [0.25, 0.3) is 0 Å². The van der Waals surface area contributed by atoms with Gasteiger partial charge in [0.05, 0.1) is 18.7 Å². The molecule has 4 rings (SSSR count). The van der Waals surface area contributed by atoms with E-state index in [1.807, 2.05) is 23.4 Å². The maximum atomic E-state index is 12.4. The van der Waals surface area contributed by atoms with Crippen LogP contribution < -0.4 is 14.6 Å². The first-order valence-electron chi connectivity index (χ1n) is 11.4. The van der Waals surface area contributed by atoms with E-state index < -0.39 is 16.2 Å². The fourth-order valence-electron chi connectivity index (χ4n) is 4.22. The van der Waals surface area contributed by atoms with Crippen LogP contribution in [0, 0.1) is 5.92 Å². The highest BCUT2D eigenvalue weighted by Crippen LogP contribution is 2.33. The molecule has 0 radical (unpaired) electrons. The number of nitrogens with one attached hydrogen (secondary N) is 2. The summed E-state index contributed by atoms with van der Waals surface area (Å²) in [5, 5.41) is 29.9. The molecule has 0 aromatic carbocycles. The lowest BCUT2D eigenvalue weighted by Gasteiger charge is -2.47. The van der Waals surface area contributed by atoms with Gasteiger partial charge in [-0.05, 0) is 54.7 Å². The molecule has 3 unspecified atom stereocenters. The first kappa shape index (κ1) is 24.4. The third-order valence-corrected chi connectivity index (χ3v) is 7.57. The maximum absolute atomic E-state index is 12.4. The number of aliphatic hydroxyl groups excluding tert-OH is 1. The summed E-state index contributed by atoms with van der Waals surface area (Å²) < 4.78 is 8.54. The largest absolute Gasteiger partial charge is 0.457 e. The van der Waals surface area contributed by atoms with Crippen LogP contribution in [0.5, 0.6) is 0 Å². The van der Waals surface area contributed by atoms with Gasteiger partial charge in [0.2, 0.25) is 5.95 Å². The summed E-state index contributed by atoms with van der Waals surface area (Å²) in [4.78, 5) is 23.8. The van der Waals surface area contributed by atoms with Crippen molar-refractivity contribution in [2.45, 2.75) is 38.8 Å². The molecule has 3 N–H and O–H groups in total. The van der Waals surface area contributed by atoms with E-state index in [4.69, 9.17) is 9.72 Å². The minimum Gasteiger partial charge on any atom is -0.457 e. The lowest BCUT2D eigenvalue weighted by molar-refractivity contribution is 0.0968. The molecule has 3 atom stereocenters. The predicted octanol–water partition coefficient (Wildman–Crippen LogP) is 0.556. The second-order valence-electron chi connectivity index (χ2n) is 8.63. The SMILES string of the molecule is CCOC(=O)S1=CC(C)(N(c2nccc(N(C)Cc3nn[nH]n3)n2)N2CCCC(CO)C2)CN1. The Hall–Kier alpha value is -2.68. The minimum atomic E-state index is -0.834. The molecule has 34 heavy (non-hydrogen) atoms. The van der Waals surface area contributed by atoms with Gasteiger partial charge in [0.15, 0.2) is 5.82 Å². The van der Waals surface area contributed by atoms with Crippen molar-refractivity contribution in [1.29, 1.82) is 0 Å². The molecule has 2 aromatic rings. The molecular formula is C20H32N10O3S. The lowest BCUT2D eigenvalue weighted by atomic mass is 9.99. The highest BCUT2D eigenvalue weighted by Gasteiger charge is 2.42. The van der Waals surface area contributed by atoms with Gasteiger partial charge >= 0.3 is 5.30 Å². The summed E-state index contributed by atoms with van der Waals surface area (Å²) in [6.45, 7) is 6.77. The van der Waals surface area contributed by atoms with Crippen LogP contribution >= 0.6 is 10.7 Å². The number of carbonyl (C=O) groups excluding carboxylic acids is 1. The molecule has 0 saturated carbocycles. The maximum Gasteiger partial charge on any atom is 0.375 e. The number of H-pyrrole nitrogens is 1. The standard InChI is InChI=1S/C20H32N10O3S/c1-4-33-19(32)34-14-20(2,13-22-34)30(29-9-5-6-15(10-29)12-31)18-21-8-7-17(23-18)28(3)11-16-24-26-27-25-16/h7-8,14-15,22,31H,4-6,9-13H2,1-3H3,(H,24,25,26,27). The fourth-order valence-corrected chi connectivity index (χ4v) is 5.90. The zero-order chi connectivity index (χ0) is 24.1. The normalized spacial score (nSPS) is 25.1. The zero-order valence-electron chi connectivity index (χ0n) is 19.7. The van der Waals surface area contributed by atoms with Gasteiger partial charge in [-0.2, -0.15) is 10.2 Å². The number of aliphatic hydroxyl groups is 1. The first-order valence-corrected chi connectivity index (χ1v) is 12.6. The average molecular weight is 493 g/mol. The molecule has 2 aliphatic heterocycles. The number of carbonyl (C=O) groups is 1. The van der Waals surface area contributed by atoms with Gasteiger partial charge in [0.25, 0.3) is 0 Å². The second-order valence-corrected chi connectivity index (χ2v) is 10.2. The van der Waals surface area contributed by atoms with Crippen LogP contribution in [0.15, 0.2) is 12.3 Å². The molecule has 1 fully saturated rings. The van der Waals surface area contributed by atoms with Crippen molar-refractivity contribution >= 4 is 33.1 Å². The minimum absolute atomic E-state index is 0.130. The van der Waals surface area contributed by atoms with Gasteiger partial charge in [-0.1, -0.05) is 5.21 Å². The highest BCUT2D eigenvalue weighted by atomic mass is 32.2. The summed E-state index contributed by atoms with van der Waals surface area (Å²) in [6.07, 6.45) is 3.65. The third kappa shape index (κ3) is 5.35. The fraction of sp³-hybridized carbons (Fsp3) is 0.650. The number of ether oxygens (including phenoxy) is 1. The lowest BCUT2D eigenvalue weighted by Crippen LogP contribution is -2.62. The number of aromatic amines is 1. The van der Waals surface area contributed by atoms with E-state index in [1.165, 1.54) is 0 Å². The van der Waals surface area contributed by atoms with Gasteiger partial charge in [-0.15, -0.1) is 10.2 Å². The topological polar surface area (TPSA) is 149 Å². The van der Waals surface area contributed by atoms with Crippen LogP contribution in [-0.2, 0) is 11.3 Å². The van der Waals surface area contributed by atoms with Crippen molar-refractivity contribution in [3.63, 3.8) is 0 Å². The van der Waals surface area contributed by atoms with Gasteiger partial charge in [0, 0.05) is 39.5 Å². The van der Waals surface area contributed by atoms with E-state index in [-0.39, 0.29) is 17.8 Å². The number of tetrazole rings is 1. The number of aromatic nitrogens is 6. The van der Waals surface area contributed by atoms with Crippen molar-refractivity contribution < 1.29 is 14.6 Å². The smallest absolute Gasteiger partial charge is 0.375 e. The van der Waals surface area contributed by atoms with E-state index in [0.29, 0.717) is 43.8 Å². The van der Waals surface area contributed by atoms with Crippen molar-refractivity contribution in [3.8, 4) is 0 Å². The Labute approximate surface area is 200 Å². The van der Waals surface area contributed by atoms with E-state index >= 15 is 0 Å². The number of hydrogen-bond donors (Lipinski definition) is 3. The van der Waals surface area contributed by atoms with Crippen LogP contribution in [-0.4, -0.2) is 96.8 Å². The van der Waals surface area contributed by atoms with Crippen LogP contribution in [0.3, 0.4) is 0 Å². The predicted molar refractivity (Wildman–Crippen MR) is 129 cm³/mol. The summed E-state index contributed by atoms with van der Waals surface area (Å²) >= 11 is 0. The Morgan fingerprint density at radius 2 is 2.32 bits per heavy atom. The van der Waals surface area contributed by atoms with Gasteiger partial charge in [-0.25, -0.2) is 14.8 Å². The summed E-state index contributed by atoms with van der Waals surface area (Å²) in [6, 6.07) is 1.83. The molecule has 0 bridgehead atoms. The molecule has 1 saturated heterocycles. The Bertz CT molecular complexity index is 1010. The Kier molecular flexibility index (Phi) is 7.70. The summed E-state index contributed by atoms with van der Waals surface area (Å²) in [7, 11) is 1.07. The molecule has 0 aliphatic carbocycles. The van der Waals surface area contributed by atoms with Crippen molar-refractivity contribution in [3.05, 3.63) is 18.1 Å². The van der Waals surface area contributed by atoms with E-state index in [9.17, 15) is 9.90 Å². The number of piperidine rings is 1. The Morgan fingerprint density at radius 3 is 3.06 bits per heavy atom. The first-order chi connectivity index (χ1) is 16.4. The number of hydrazine groups is 1. The molecule has 2 aliphatic rings. The monoisotopic (exact) mass is 492 g/mol. The second kappa shape index (κ2) is 10.7. The van der Waals surface area contributed by atoms with E-state index in [0.717, 1.165) is 19.4 Å². The summed E-state index contributed by atoms with van der Waals surface area (Å²) in [5.74, 6) is 1.95. The highest BCUT2D eigenvalue weighted by molar-refractivity contribution is 8.26. The zero-order valence-corrected chi connectivity index (χ0v) is 20.5. The summed E-state index contributed by atoms with van der Waals surface area (Å²) in [5.41, 5.74) is -0.571. The van der Waals surface area contributed by atoms with Crippen LogP contribution in [0.2, 0.25) is 0 Å². The number of anilines is 2.